The predicted molar refractivity (Wildman–Crippen MR) is 130 cm³/mol. The maximum atomic E-state index is 13.3. The largest absolute Gasteiger partial charge is 0.338 e. The Balaban J connectivity index is 1.41. The molecule has 0 radical (unpaired) electrons. The summed E-state index contributed by atoms with van der Waals surface area (Å²) in [5.41, 5.74) is 3.87. The second kappa shape index (κ2) is 9.42. The van der Waals surface area contributed by atoms with Gasteiger partial charge in [-0.1, -0.05) is 83.1 Å². The zero-order valence-electron chi connectivity index (χ0n) is 18.1. The SMILES string of the molecule is Cc1cccc(-c2noc(CSc3nc4ccccc4c(=O)n3CCc3ccccc3)n2)c1. The maximum absolute atomic E-state index is 13.3. The molecule has 0 unspecified atom stereocenters. The van der Waals surface area contributed by atoms with E-state index in [2.05, 4.69) is 22.3 Å². The van der Waals surface area contributed by atoms with E-state index in [4.69, 9.17) is 9.51 Å². The Morgan fingerprint density at radius 2 is 1.76 bits per heavy atom. The second-order valence-electron chi connectivity index (χ2n) is 7.77. The first-order chi connectivity index (χ1) is 16.2. The molecule has 0 atom stereocenters. The predicted octanol–water partition coefficient (Wildman–Crippen LogP) is 5.29. The van der Waals surface area contributed by atoms with Crippen LogP contribution in [0.5, 0.6) is 0 Å². The molecule has 5 rings (SSSR count). The molecule has 0 amide bonds. The van der Waals surface area contributed by atoms with Crippen molar-refractivity contribution in [3.63, 3.8) is 0 Å². The van der Waals surface area contributed by atoms with E-state index < -0.39 is 0 Å². The number of thioether (sulfide) groups is 1. The van der Waals surface area contributed by atoms with Crippen molar-refractivity contribution in [3.8, 4) is 11.4 Å². The van der Waals surface area contributed by atoms with E-state index >= 15 is 0 Å². The Labute approximate surface area is 195 Å². The first kappa shape index (κ1) is 21.2. The summed E-state index contributed by atoms with van der Waals surface area (Å²) in [6.45, 7) is 2.57. The number of aryl methyl sites for hydroxylation is 2. The third-order valence-corrected chi connectivity index (χ3v) is 6.32. The zero-order chi connectivity index (χ0) is 22.6. The topological polar surface area (TPSA) is 73.8 Å². The summed E-state index contributed by atoms with van der Waals surface area (Å²) in [6, 6.07) is 25.6. The lowest BCUT2D eigenvalue weighted by atomic mass is 10.1. The van der Waals surface area contributed by atoms with Gasteiger partial charge in [0, 0.05) is 12.1 Å². The highest BCUT2D eigenvalue weighted by molar-refractivity contribution is 7.98. The Morgan fingerprint density at radius 1 is 0.939 bits per heavy atom. The van der Waals surface area contributed by atoms with Crippen LogP contribution in [0.3, 0.4) is 0 Å². The van der Waals surface area contributed by atoms with Crippen LogP contribution in [0, 0.1) is 6.92 Å². The van der Waals surface area contributed by atoms with Crippen LogP contribution in [-0.2, 0) is 18.7 Å². The van der Waals surface area contributed by atoms with Crippen molar-refractivity contribution in [2.75, 3.05) is 0 Å². The normalized spacial score (nSPS) is 11.2. The Hall–Kier alpha value is -3.71. The quantitative estimate of drug-likeness (QED) is 0.246. The van der Waals surface area contributed by atoms with Gasteiger partial charge in [0.1, 0.15) is 0 Å². The fourth-order valence-corrected chi connectivity index (χ4v) is 4.54. The molecule has 0 aliphatic heterocycles. The number of hydrogen-bond acceptors (Lipinski definition) is 6. The van der Waals surface area contributed by atoms with E-state index in [0.29, 0.717) is 40.1 Å². The Kier molecular flexibility index (Phi) is 6.04. The van der Waals surface area contributed by atoms with E-state index in [9.17, 15) is 4.79 Å². The van der Waals surface area contributed by atoms with Crippen molar-refractivity contribution in [1.82, 2.24) is 19.7 Å². The smallest absolute Gasteiger partial charge is 0.262 e. The molecular formula is C26H22N4O2S. The van der Waals surface area contributed by atoms with Crippen LogP contribution in [0.1, 0.15) is 17.0 Å². The molecule has 7 heteroatoms. The molecule has 5 aromatic rings. The zero-order valence-corrected chi connectivity index (χ0v) is 19.0. The van der Waals surface area contributed by atoms with Crippen molar-refractivity contribution in [2.45, 2.75) is 30.8 Å². The average molecular weight is 455 g/mol. The minimum Gasteiger partial charge on any atom is -0.338 e. The number of hydrogen-bond donors (Lipinski definition) is 0. The third kappa shape index (κ3) is 4.73. The van der Waals surface area contributed by atoms with E-state index in [1.54, 1.807) is 4.57 Å². The molecule has 0 saturated heterocycles. The number of rotatable bonds is 7. The van der Waals surface area contributed by atoms with Gasteiger partial charge in [0.15, 0.2) is 5.16 Å². The summed E-state index contributed by atoms with van der Waals surface area (Å²) < 4.78 is 7.22. The summed E-state index contributed by atoms with van der Waals surface area (Å²) in [6.07, 6.45) is 0.742. The average Bonchev–Trinajstić information content (AvgIpc) is 3.32. The number of aromatic nitrogens is 4. The molecule has 3 aromatic carbocycles. The van der Waals surface area contributed by atoms with E-state index in [1.165, 1.54) is 17.3 Å². The van der Waals surface area contributed by atoms with Crippen LogP contribution in [0.4, 0.5) is 0 Å². The van der Waals surface area contributed by atoms with Gasteiger partial charge in [-0.2, -0.15) is 4.98 Å². The second-order valence-corrected chi connectivity index (χ2v) is 8.72. The minimum absolute atomic E-state index is 0.0370. The molecule has 33 heavy (non-hydrogen) atoms. The molecule has 0 bridgehead atoms. The van der Waals surface area contributed by atoms with Crippen molar-refractivity contribution >= 4 is 22.7 Å². The van der Waals surface area contributed by atoms with Gasteiger partial charge in [0.2, 0.25) is 11.7 Å². The molecule has 0 N–H and O–H groups in total. The Bertz CT molecular complexity index is 1460. The summed E-state index contributed by atoms with van der Waals surface area (Å²) in [5.74, 6) is 1.48. The summed E-state index contributed by atoms with van der Waals surface area (Å²) in [4.78, 5) is 22.6. The fourth-order valence-electron chi connectivity index (χ4n) is 3.68. The van der Waals surface area contributed by atoms with Gasteiger partial charge in [-0.05, 0) is 37.1 Å². The Morgan fingerprint density at radius 3 is 2.61 bits per heavy atom. The molecule has 0 saturated carbocycles. The van der Waals surface area contributed by atoms with Crippen molar-refractivity contribution in [2.24, 2.45) is 0 Å². The van der Waals surface area contributed by atoms with Gasteiger partial charge in [0.25, 0.3) is 5.56 Å². The highest BCUT2D eigenvalue weighted by Gasteiger charge is 2.15. The van der Waals surface area contributed by atoms with Gasteiger partial charge in [-0.25, -0.2) is 4.98 Å². The summed E-state index contributed by atoms with van der Waals surface area (Å²) in [7, 11) is 0. The molecule has 0 aliphatic rings. The highest BCUT2D eigenvalue weighted by Crippen LogP contribution is 2.24. The number of fused-ring (bicyclic) bond motifs is 1. The van der Waals surface area contributed by atoms with Gasteiger partial charge in [-0.15, -0.1) is 0 Å². The van der Waals surface area contributed by atoms with Crippen molar-refractivity contribution in [3.05, 3.63) is 106 Å². The number of nitrogens with zero attached hydrogens (tertiary/aromatic N) is 4. The molecule has 2 heterocycles. The molecule has 0 aliphatic carbocycles. The van der Waals surface area contributed by atoms with Crippen molar-refractivity contribution in [1.29, 1.82) is 0 Å². The lowest BCUT2D eigenvalue weighted by Crippen LogP contribution is -2.24. The van der Waals surface area contributed by atoms with Crippen LogP contribution in [0.25, 0.3) is 22.3 Å². The lowest BCUT2D eigenvalue weighted by molar-refractivity contribution is 0.391. The van der Waals surface area contributed by atoms with Gasteiger partial charge in [0.05, 0.1) is 16.7 Å². The summed E-state index contributed by atoms with van der Waals surface area (Å²) in [5, 5.41) is 5.38. The first-order valence-corrected chi connectivity index (χ1v) is 11.7. The molecule has 0 fully saturated rings. The van der Waals surface area contributed by atoms with Crippen LogP contribution in [0.15, 0.2) is 93.3 Å². The molecule has 164 valence electrons. The van der Waals surface area contributed by atoms with Gasteiger partial charge >= 0.3 is 0 Å². The number of benzene rings is 3. The summed E-state index contributed by atoms with van der Waals surface area (Å²) >= 11 is 1.43. The van der Waals surface area contributed by atoms with E-state index in [0.717, 1.165) is 17.5 Å². The van der Waals surface area contributed by atoms with Crippen LogP contribution in [-0.4, -0.2) is 19.7 Å². The van der Waals surface area contributed by atoms with E-state index in [-0.39, 0.29) is 5.56 Å². The highest BCUT2D eigenvalue weighted by atomic mass is 32.2. The van der Waals surface area contributed by atoms with Crippen LogP contribution >= 0.6 is 11.8 Å². The first-order valence-electron chi connectivity index (χ1n) is 10.7. The molecular weight excluding hydrogens is 432 g/mol. The van der Waals surface area contributed by atoms with Crippen molar-refractivity contribution < 1.29 is 4.52 Å². The molecule has 0 spiro atoms. The fraction of sp³-hybridized carbons (Fsp3) is 0.154. The lowest BCUT2D eigenvalue weighted by Gasteiger charge is -2.12. The minimum atomic E-state index is -0.0370. The molecule has 6 nitrogen and oxygen atoms in total. The van der Waals surface area contributed by atoms with E-state index in [1.807, 2.05) is 73.7 Å². The van der Waals surface area contributed by atoms with Crippen LogP contribution < -0.4 is 5.56 Å². The number of para-hydroxylation sites is 1. The maximum Gasteiger partial charge on any atom is 0.262 e. The van der Waals surface area contributed by atoms with Crippen LogP contribution in [0.2, 0.25) is 0 Å². The third-order valence-electron chi connectivity index (χ3n) is 5.36. The standard InChI is InChI=1S/C26H22N4O2S/c1-18-8-7-11-20(16-18)24-28-23(32-29-24)17-33-26-27-22-13-6-5-12-21(22)25(31)30(26)15-14-19-9-3-2-4-10-19/h2-13,16H,14-15,17H2,1H3. The van der Waals surface area contributed by atoms with Gasteiger partial charge in [-0.3, -0.25) is 9.36 Å². The van der Waals surface area contributed by atoms with Gasteiger partial charge < -0.3 is 4.52 Å². The monoisotopic (exact) mass is 454 g/mol. The molecule has 2 aromatic heterocycles.